The number of pyridine rings is 1. The van der Waals surface area contributed by atoms with Crippen molar-refractivity contribution in [1.82, 2.24) is 10.3 Å². The summed E-state index contributed by atoms with van der Waals surface area (Å²) in [5, 5.41) is 2.89. The number of aryl methyl sites for hydroxylation is 1. The molecule has 1 amide bonds. The number of ether oxygens (including phenoxy) is 1. The molecule has 2 aromatic rings. The van der Waals surface area contributed by atoms with Gasteiger partial charge in [-0.25, -0.2) is 4.98 Å². The maximum absolute atomic E-state index is 11.9. The molecular formula is C20H25N3O2S. The molecule has 0 aromatic carbocycles. The predicted molar refractivity (Wildman–Crippen MR) is 106 cm³/mol. The van der Waals surface area contributed by atoms with Crippen LogP contribution >= 0.6 is 11.3 Å². The van der Waals surface area contributed by atoms with E-state index in [0.29, 0.717) is 6.54 Å². The van der Waals surface area contributed by atoms with Gasteiger partial charge in [0.2, 0.25) is 5.91 Å². The lowest BCUT2D eigenvalue weighted by Gasteiger charge is -2.36. The fourth-order valence-corrected chi connectivity index (χ4v) is 3.80. The Labute approximate surface area is 158 Å². The molecule has 138 valence electrons. The molecule has 6 heteroatoms. The molecule has 1 N–H and O–H groups in total. The van der Waals surface area contributed by atoms with E-state index in [1.165, 1.54) is 4.88 Å². The van der Waals surface area contributed by atoms with Gasteiger partial charge >= 0.3 is 0 Å². The Morgan fingerprint density at radius 3 is 2.69 bits per heavy atom. The van der Waals surface area contributed by atoms with Crippen LogP contribution < -0.4 is 10.2 Å². The highest BCUT2D eigenvalue weighted by Gasteiger charge is 2.22. The van der Waals surface area contributed by atoms with Gasteiger partial charge in [0, 0.05) is 41.7 Å². The number of thiophene rings is 1. The zero-order valence-corrected chi connectivity index (χ0v) is 16.3. The molecule has 1 fully saturated rings. The topological polar surface area (TPSA) is 54.5 Å². The van der Waals surface area contributed by atoms with Crippen LogP contribution in [0.1, 0.15) is 29.2 Å². The van der Waals surface area contributed by atoms with E-state index in [1.807, 2.05) is 36.5 Å². The summed E-state index contributed by atoms with van der Waals surface area (Å²) in [7, 11) is 0. The second kappa shape index (κ2) is 8.47. The number of carbonyl (C=O) groups excluding carboxylic acids is 1. The Kier molecular flexibility index (Phi) is 6.06. The molecular weight excluding hydrogens is 346 g/mol. The minimum atomic E-state index is -0.101. The molecule has 3 heterocycles. The largest absolute Gasteiger partial charge is 0.372 e. The number of hydrogen-bond donors (Lipinski definition) is 1. The molecule has 5 nitrogen and oxygen atoms in total. The standard InChI is InChI=1S/C20H25N3O2S/c1-14-12-23(13-15(2)25-14)19-8-5-17(10-21-19)11-22-20(24)9-7-18-6-4-16(3)26-18/h4-10,14-15H,11-13H2,1-3H3,(H,22,24)/b9-7+/t14-,15-/m1/s1. The van der Waals surface area contributed by atoms with Crippen LogP contribution in [0.3, 0.4) is 0 Å². The Morgan fingerprint density at radius 1 is 1.31 bits per heavy atom. The molecule has 0 radical (unpaired) electrons. The van der Waals surface area contributed by atoms with Crippen LogP contribution in [-0.2, 0) is 16.1 Å². The third kappa shape index (κ3) is 5.16. The smallest absolute Gasteiger partial charge is 0.244 e. The van der Waals surface area contributed by atoms with Crippen molar-refractivity contribution >= 4 is 29.1 Å². The van der Waals surface area contributed by atoms with Gasteiger partial charge in [0.1, 0.15) is 5.82 Å². The molecule has 2 atom stereocenters. The first-order valence-corrected chi connectivity index (χ1v) is 9.69. The van der Waals surface area contributed by atoms with E-state index in [-0.39, 0.29) is 18.1 Å². The SMILES string of the molecule is Cc1ccc(/C=C/C(=O)NCc2ccc(N3C[C@@H](C)O[C@H](C)C3)nc2)s1. The van der Waals surface area contributed by atoms with Gasteiger partial charge in [-0.3, -0.25) is 4.79 Å². The molecule has 26 heavy (non-hydrogen) atoms. The monoisotopic (exact) mass is 371 g/mol. The van der Waals surface area contributed by atoms with Crippen molar-refractivity contribution in [2.75, 3.05) is 18.0 Å². The van der Waals surface area contributed by atoms with Crippen LogP contribution in [0.2, 0.25) is 0 Å². The van der Waals surface area contributed by atoms with Gasteiger partial charge in [0.25, 0.3) is 0 Å². The van der Waals surface area contributed by atoms with Crippen molar-refractivity contribution < 1.29 is 9.53 Å². The van der Waals surface area contributed by atoms with E-state index >= 15 is 0 Å². The third-order valence-corrected chi connectivity index (χ3v) is 5.15. The highest BCUT2D eigenvalue weighted by atomic mass is 32.1. The van der Waals surface area contributed by atoms with Gasteiger partial charge in [-0.1, -0.05) is 6.07 Å². The quantitative estimate of drug-likeness (QED) is 0.819. The highest BCUT2D eigenvalue weighted by molar-refractivity contribution is 7.12. The van der Waals surface area contributed by atoms with Gasteiger partial charge in [0.05, 0.1) is 12.2 Å². The minimum Gasteiger partial charge on any atom is -0.372 e. The lowest BCUT2D eigenvalue weighted by atomic mass is 10.2. The number of rotatable bonds is 5. The van der Waals surface area contributed by atoms with E-state index in [4.69, 9.17) is 4.74 Å². The Bertz CT molecular complexity index is 760. The summed E-state index contributed by atoms with van der Waals surface area (Å²) in [6, 6.07) is 8.08. The number of carbonyl (C=O) groups is 1. The second-order valence-electron chi connectivity index (χ2n) is 6.69. The molecule has 0 aliphatic carbocycles. The van der Waals surface area contributed by atoms with Crippen LogP contribution in [0.4, 0.5) is 5.82 Å². The normalized spacial score (nSPS) is 20.5. The lowest BCUT2D eigenvalue weighted by molar-refractivity contribution is -0.116. The minimum absolute atomic E-state index is 0.101. The van der Waals surface area contributed by atoms with Gasteiger partial charge in [-0.15, -0.1) is 11.3 Å². The molecule has 0 spiro atoms. The number of hydrogen-bond acceptors (Lipinski definition) is 5. The second-order valence-corrected chi connectivity index (χ2v) is 8.01. The molecule has 0 bridgehead atoms. The predicted octanol–water partition coefficient (Wildman–Crippen LogP) is 3.39. The average Bonchev–Trinajstić information content (AvgIpc) is 3.03. The summed E-state index contributed by atoms with van der Waals surface area (Å²) < 4.78 is 5.76. The summed E-state index contributed by atoms with van der Waals surface area (Å²) in [5.41, 5.74) is 0.983. The van der Waals surface area contributed by atoms with E-state index in [1.54, 1.807) is 17.4 Å². The Balaban J connectivity index is 1.51. The van der Waals surface area contributed by atoms with Crippen molar-refractivity contribution in [2.45, 2.75) is 39.5 Å². The zero-order valence-electron chi connectivity index (χ0n) is 15.4. The van der Waals surface area contributed by atoms with Gasteiger partial charge in [-0.05, 0) is 50.6 Å². The lowest BCUT2D eigenvalue weighted by Crippen LogP contribution is -2.45. The molecule has 1 saturated heterocycles. The first kappa shape index (κ1) is 18.6. The van der Waals surface area contributed by atoms with Crippen LogP contribution in [-0.4, -0.2) is 36.2 Å². The molecule has 2 aromatic heterocycles. The zero-order chi connectivity index (χ0) is 18.5. The number of nitrogens with one attached hydrogen (secondary N) is 1. The first-order valence-electron chi connectivity index (χ1n) is 8.87. The number of nitrogens with zero attached hydrogens (tertiary/aromatic N) is 2. The molecule has 0 unspecified atom stereocenters. The van der Waals surface area contributed by atoms with Crippen molar-refractivity contribution in [3.8, 4) is 0 Å². The fraction of sp³-hybridized carbons (Fsp3) is 0.400. The molecule has 1 aliphatic rings. The van der Waals surface area contributed by atoms with Crippen LogP contribution in [0.15, 0.2) is 36.5 Å². The van der Waals surface area contributed by atoms with Crippen molar-refractivity contribution in [2.24, 2.45) is 0 Å². The number of amides is 1. The van der Waals surface area contributed by atoms with Crippen molar-refractivity contribution in [3.63, 3.8) is 0 Å². The van der Waals surface area contributed by atoms with E-state index in [0.717, 1.165) is 29.3 Å². The maximum Gasteiger partial charge on any atom is 0.244 e. The van der Waals surface area contributed by atoms with Crippen LogP contribution in [0.5, 0.6) is 0 Å². The van der Waals surface area contributed by atoms with Gasteiger partial charge in [0.15, 0.2) is 0 Å². The van der Waals surface area contributed by atoms with E-state index < -0.39 is 0 Å². The summed E-state index contributed by atoms with van der Waals surface area (Å²) in [6.07, 6.45) is 5.66. The fourth-order valence-electron chi connectivity index (χ4n) is 3.02. The van der Waals surface area contributed by atoms with Crippen LogP contribution in [0.25, 0.3) is 6.08 Å². The van der Waals surface area contributed by atoms with E-state index in [2.05, 4.69) is 36.0 Å². The van der Waals surface area contributed by atoms with Gasteiger partial charge in [-0.2, -0.15) is 0 Å². The summed E-state index contributed by atoms with van der Waals surface area (Å²) in [4.78, 5) is 21.1. The Morgan fingerprint density at radius 2 is 2.08 bits per heavy atom. The summed E-state index contributed by atoms with van der Waals surface area (Å²) >= 11 is 1.67. The molecule has 0 saturated carbocycles. The van der Waals surface area contributed by atoms with Crippen LogP contribution in [0, 0.1) is 6.92 Å². The number of anilines is 1. The van der Waals surface area contributed by atoms with E-state index in [9.17, 15) is 4.79 Å². The summed E-state index contributed by atoms with van der Waals surface area (Å²) in [5.74, 6) is 0.853. The van der Waals surface area contributed by atoms with Crippen molar-refractivity contribution in [3.05, 3.63) is 51.9 Å². The number of morpholine rings is 1. The maximum atomic E-state index is 11.9. The third-order valence-electron chi connectivity index (χ3n) is 4.18. The van der Waals surface area contributed by atoms with Crippen molar-refractivity contribution in [1.29, 1.82) is 0 Å². The molecule has 3 rings (SSSR count). The Hall–Kier alpha value is -2.18. The average molecular weight is 372 g/mol. The molecule has 1 aliphatic heterocycles. The first-order chi connectivity index (χ1) is 12.5. The highest BCUT2D eigenvalue weighted by Crippen LogP contribution is 2.18. The summed E-state index contributed by atoms with van der Waals surface area (Å²) in [6.45, 7) is 8.38. The number of aromatic nitrogens is 1. The van der Waals surface area contributed by atoms with Gasteiger partial charge < -0.3 is 15.0 Å².